The van der Waals surface area contributed by atoms with Crippen LogP contribution in [0.4, 0.5) is 5.13 Å². The molecule has 7 heteroatoms. The summed E-state index contributed by atoms with van der Waals surface area (Å²) in [5, 5.41) is 21.2. The number of aromatic nitrogens is 2. The number of furan rings is 1. The predicted molar refractivity (Wildman–Crippen MR) is 69.6 cm³/mol. The van der Waals surface area contributed by atoms with Gasteiger partial charge < -0.3 is 14.8 Å². The molecule has 0 aromatic carbocycles. The number of carbonyl (C=O) groups excluding carboxylic acids is 1. The van der Waals surface area contributed by atoms with E-state index in [2.05, 4.69) is 15.5 Å². The van der Waals surface area contributed by atoms with Gasteiger partial charge in [0.15, 0.2) is 10.8 Å². The van der Waals surface area contributed by atoms with Crippen LogP contribution in [0.1, 0.15) is 19.3 Å². The SMILES string of the molecule is O=C(CC(O)C1CC1)Nc1nnc(-c2ccco2)s1. The van der Waals surface area contributed by atoms with Crippen molar-refractivity contribution in [2.24, 2.45) is 5.92 Å². The lowest BCUT2D eigenvalue weighted by Crippen LogP contribution is -2.21. The number of rotatable bonds is 5. The minimum atomic E-state index is -0.544. The van der Waals surface area contributed by atoms with E-state index >= 15 is 0 Å². The molecule has 2 aromatic heterocycles. The highest BCUT2D eigenvalue weighted by Gasteiger charge is 2.31. The largest absolute Gasteiger partial charge is 0.462 e. The van der Waals surface area contributed by atoms with E-state index in [1.165, 1.54) is 11.3 Å². The maximum atomic E-state index is 11.7. The van der Waals surface area contributed by atoms with Gasteiger partial charge in [-0.15, -0.1) is 10.2 Å². The fourth-order valence-corrected chi connectivity index (χ4v) is 2.51. The van der Waals surface area contributed by atoms with E-state index in [1.807, 2.05) is 0 Å². The molecule has 1 amide bonds. The second-order valence-corrected chi connectivity index (χ2v) is 5.52. The van der Waals surface area contributed by atoms with Crippen LogP contribution in [0.2, 0.25) is 0 Å². The van der Waals surface area contributed by atoms with Crippen LogP contribution in [0.15, 0.2) is 22.8 Å². The molecule has 1 atom stereocenters. The highest BCUT2D eigenvalue weighted by Crippen LogP contribution is 2.34. The minimum Gasteiger partial charge on any atom is -0.462 e. The Morgan fingerprint density at radius 2 is 2.42 bits per heavy atom. The van der Waals surface area contributed by atoms with E-state index in [-0.39, 0.29) is 12.3 Å². The van der Waals surface area contributed by atoms with Gasteiger partial charge in [-0.3, -0.25) is 4.79 Å². The third kappa shape index (κ3) is 2.99. The topological polar surface area (TPSA) is 88.2 Å². The number of carbonyl (C=O) groups is 1. The Labute approximate surface area is 113 Å². The van der Waals surface area contributed by atoms with Gasteiger partial charge in [-0.2, -0.15) is 0 Å². The van der Waals surface area contributed by atoms with Crippen molar-refractivity contribution in [1.29, 1.82) is 0 Å². The molecule has 1 unspecified atom stereocenters. The molecule has 0 bridgehead atoms. The average molecular weight is 279 g/mol. The molecular formula is C12H13N3O3S. The van der Waals surface area contributed by atoms with Crippen LogP contribution in [0.5, 0.6) is 0 Å². The van der Waals surface area contributed by atoms with Crippen LogP contribution in [0.3, 0.4) is 0 Å². The highest BCUT2D eigenvalue weighted by molar-refractivity contribution is 7.18. The number of amides is 1. The van der Waals surface area contributed by atoms with Crippen LogP contribution in [-0.2, 0) is 4.79 Å². The van der Waals surface area contributed by atoms with Gasteiger partial charge in [-0.1, -0.05) is 11.3 Å². The van der Waals surface area contributed by atoms with Gasteiger partial charge in [-0.05, 0) is 30.9 Å². The summed E-state index contributed by atoms with van der Waals surface area (Å²) in [5.74, 6) is 0.677. The molecule has 1 aliphatic rings. The van der Waals surface area contributed by atoms with Gasteiger partial charge >= 0.3 is 0 Å². The minimum absolute atomic E-state index is 0.111. The molecule has 0 radical (unpaired) electrons. The first-order chi connectivity index (χ1) is 9.22. The van der Waals surface area contributed by atoms with Crippen molar-refractivity contribution >= 4 is 22.4 Å². The fraction of sp³-hybridized carbons (Fsp3) is 0.417. The Morgan fingerprint density at radius 1 is 1.58 bits per heavy atom. The quantitative estimate of drug-likeness (QED) is 0.872. The fourth-order valence-electron chi connectivity index (χ4n) is 1.78. The van der Waals surface area contributed by atoms with Crippen molar-refractivity contribution in [2.45, 2.75) is 25.4 Å². The van der Waals surface area contributed by atoms with Crippen molar-refractivity contribution in [2.75, 3.05) is 5.32 Å². The van der Waals surface area contributed by atoms with Crippen LogP contribution in [0, 0.1) is 5.92 Å². The number of aliphatic hydroxyl groups excluding tert-OH is 1. The molecule has 1 aliphatic carbocycles. The summed E-state index contributed by atoms with van der Waals surface area (Å²) in [6.45, 7) is 0. The van der Waals surface area contributed by atoms with E-state index in [9.17, 15) is 9.90 Å². The zero-order valence-corrected chi connectivity index (χ0v) is 10.9. The summed E-state index contributed by atoms with van der Waals surface area (Å²) in [6, 6.07) is 3.55. The molecule has 2 heterocycles. The third-order valence-electron chi connectivity index (χ3n) is 2.96. The maximum Gasteiger partial charge on any atom is 0.228 e. The van der Waals surface area contributed by atoms with Gasteiger partial charge in [0.1, 0.15) is 0 Å². The molecule has 0 aliphatic heterocycles. The molecule has 19 heavy (non-hydrogen) atoms. The number of nitrogens with zero attached hydrogens (tertiary/aromatic N) is 2. The van der Waals surface area contributed by atoms with Crippen molar-refractivity contribution in [3.63, 3.8) is 0 Å². The number of nitrogens with one attached hydrogen (secondary N) is 1. The summed E-state index contributed by atoms with van der Waals surface area (Å²) >= 11 is 1.24. The first kappa shape index (κ1) is 12.3. The summed E-state index contributed by atoms with van der Waals surface area (Å²) in [6.07, 6.45) is 3.14. The third-order valence-corrected chi connectivity index (χ3v) is 3.82. The maximum absolute atomic E-state index is 11.7. The highest BCUT2D eigenvalue weighted by atomic mass is 32.1. The molecule has 1 fully saturated rings. The second-order valence-electron chi connectivity index (χ2n) is 4.55. The zero-order chi connectivity index (χ0) is 13.2. The summed E-state index contributed by atoms with van der Waals surface area (Å²) in [4.78, 5) is 11.7. The van der Waals surface area contributed by atoms with E-state index in [4.69, 9.17) is 4.42 Å². The molecule has 100 valence electrons. The van der Waals surface area contributed by atoms with E-state index < -0.39 is 6.10 Å². The van der Waals surface area contributed by atoms with Crippen molar-refractivity contribution in [1.82, 2.24) is 10.2 Å². The number of aliphatic hydroxyl groups is 1. The van der Waals surface area contributed by atoms with Crippen molar-refractivity contribution < 1.29 is 14.3 Å². The van der Waals surface area contributed by atoms with Gasteiger partial charge in [0, 0.05) is 0 Å². The molecule has 0 spiro atoms. The summed E-state index contributed by atoms with van der Waals surface area (Å²) in [5.41, 5.74) is 0. The molecule has 2 aromatic rings. The van der Waals surface area contributed by atoms with Crippen LogP contribution in [-0.4, -0.2) is 27.3 Å². The molecule has 1 saturated carbocycles. The van der Waals surface area contributed by atoms with Crippen LogP contribution >= 0.6 is 11.3 Å². The second kappa shape index (κ2) is 5.10. The van der Waals surface area contributed by atoms with E-state index in [0.717, 1.165) is 12.8 Å². The normalized spacial score (nSPS) is 16.3. The molecule has 0 saturated heterocycles. The van der Waals surface area contributed by atoms with Crippen LogP contribution < -0.4 is 5.32 Å². The Hall–Kier alpha value is -1.73. The number of hydrogen-bond acceptors (Lipinski definition) is 6. The van der Waals surface area contributed by atoms with E-state index in [1.54, 1.807) is 18.4 Å². The first-order valence-electron chi connectivity index (χ1n) is 6.07. The van der Waals surface area contributed by atoms with Gasteiger partial charge in [0.05, 0.1) is 18.8 Å². The Morgan fingerprint density at radius 3 is 3.11 bits per heavy atom. The average Bonchev–Trinajstić information content (AvgIpc) is 2.89. The van der Waals surface area contributed by atoms with Crippen LogP contribution in [0.25, 0.3) is 10.8 Å². The summed E-state index contributed by atoms with van der Waals surface area (Å²) < 4.78 is 5.20. The zero-order valence-electron chi connectivity index (χ0n) is 10.1. The lowest BCUT2D eigenvalue weighted by Gasteiger charge is -2.07. The molecule has 6 nitrogen and oxygen atoms in total. The smallest absolute Gasteiger partial charge is 0.228 e. The molecule has 2 N–H and O–H groups in total. The molecule has 3 rings (SSSR count). The molecular weight excluding hydrogens is 266 g/mol. The number of hydrogen-bond donors (Lipinski definition) is 2. The van der Waals surface area contributed by atoms with Gasteiger partial charge in [-0.25, -0.2) is 0 Å². The van der Waals surface area contributed by atoms with Crippen molar-refractivity contribution in [3.05, 3.63) is 18.4 Å². The Balaban J connectivity index is 1.59. The van der Waals surface area contributed by atoms with Crippen molar-refractivity contribution in [3.8, 4) is 10.8 Å². The lowest BCUT2D eigenvalue weighted by atomic mass is 10.1. The lowest BCUT2D eigenvalue weighted by molar-refractivity contribution is -0.118. The first-order valence-corrected chi connectivity index (χ1v) is 6.89. The summed E-state index contributed by atoms with van der Waals surface area (Å²) in [7, 11) is 0. The van der Waals surface area contributed by atoms with E-state index in [0.29, 0.717) is 21.8 Å². The Bertz CT molecular complexity index is 563. The standard InChI is InChI=1S/C12H13N3O3S/c16-8(7-3-4-7)6-10(17)13-12-15-14-11(19-12)9-2-1-5-18-9/h1-2,5,7-8,16H,3-4,6H2,(H,13,15,17). The van der Waals surface area contributed by atoms with Gasteiger partial charge in [0.25, 0.3) is 0 Å². The Kier molecular flexibility index (Phi) is 3.31. The number of anilines is 1. The monoisotopic (exact) mass is 279 g/mol. The predicted octanol–water partition coefficient (Wildman–Crippen LogP) is 1.90. The van der Waals surface area contributed by atoms with Gasteiger partial charge in [0.2, 0.25) is 11.0 Å².